The monoisotopic (exact) mass is 378 g/mol. The number of rotatable bonds is 9. The van der Waals surface area contributed by atoms with Gasteiger partial charge in [-0.1, -0.05) is 30.3 Å². The van der Waals surface area contributed by atoms with E-state index in [0.29, 0.717) is 24.0 Å². The normalized spacial score (nSPS) is 10.8. The number of nitrogens with zero attached hydrogens (tertiary/aromatic N) is 3. The van der Waals surface area contributed by atoms with Crippen molar-refractivity contribution < 1.29 is 4.79 Å². The maximum atomic E-state index is 12.4. The minimum absolute atomic E-state index is 0.0529. The minimum atomic E-state index is -0.111. The number of benzene rings is 2. The summed E-state index contributed by atoms with van der Waals surface area (Å²) in [5, 5.41) is 3.51. The van der Waals surface area contributed by atoms with E-state index in [1.165, 1.54) is 16.6 Å². The first-order valence-electron chi connectivity index (χ1n) is 9.70. The van der Waals surface area contributed by atoms with Crippen molar-refractivity contribution in [3.63, 3.8) is 0 Å². The molecule has 0 unspecified atom stereocenters. The molecule has 1 N–H and O–H groups in total. The molecule has 3 rings (SSSR count). The van der Waals surface area contributed by atoms with Crippen LogP contribution in [0.3, 0.4) is 0 Å². The Morgan fingerprint density at radius 2 is 1.86 bits per heavy atom. The molecular weight excluding hydrogens is 352 g/mol. The predicted molar refractivity (Wildman–Crippen MR) is 113 cm³/mol. The van der Waals surface area contributed by atoms with Crippen LogP contribution in [0.25, 0.3) is 10.9 Å². The van der Waals surface area contributed by atoms with E-state index >= 15 is 0 Å². The van der Waals surface area contributed by atoms with Gasteiger partial charge in [-0.3, -0.25) is 14.2 Å². The number of carbonyl (C=O) groups excluding carboxylic acids is 1. The number of para-hydroxylation sites is 2. The van der Waals surface area contributed by atoms with Gasteiger partial charge in [-0.25, -0.2) is 4.98 Å². The molecule has 6 heteroatoms. The van der Waals surface area contributed by atoms with E-state index in [4.69, 9.17) is 0 Å². The topological polar surface area (TPSA) is 67.2 Å². The van der Waals surface area contributed by atoms with Gasteiger partial charge >= 0.3 is 0 Å². The molecule has 1 aromatic heterocycles. The van der Waals surface area contributed by atoms with Crippen LogP contribution in [0.4, 0.5) is 5.69 Å². The lowest BCUT2D eigenvalue weighted by molar-refractivity contribution is -0.121. The van der Waals surface area contributed by atoms with E-state index in [9.17, 15) is 9.59 Å². The first-order valence-corrected chi connectivity index (χ1v) is 9.70. The van der Waals surface area contributed by atoms with E-state index in [1.807, 2.05) is 36.4 Å². The summed E-state index contributed by atoms with van der Waals surface area (Å²) in [4.78, 5) is 31.1. The van der Waals surface area contributed by atoms with E-state index in [1.54, 1.807) is 6.07 Å². The number of nitrogens with one attached hydrogen (secondary N) is 1. The third kappa shape index (κ3) is 4.97. The molecule has 0 spiro atoms. The molecule has 1 heterocycles. The van der Waals surface area contributed by atoms with Gasteiger partial charge in [-0.05, 0) is 37.6 Å². The summed E-state index contributed by atoms with van der Waals surface area (Å²) in [5.41, 5.74) is 1.76. The predicted octanol–water partition coefficient (Wildman–Crippen LogP) is 2.82. The molecule has 28 heavy (non-hydrogen) atoms. The second-order valence-electron chi connectivity index (χ2n) is 6.63. The summed E-state index contributed by atoms with van der Waals surface area (Å²) in [5.74, 6) is -0.0529. The zero-order chi connectivity index (χ0) is 19.8. The first-order chi connectivity index (χ1) is 13.7. The molecule has 0 atom stereocenters. The molecule has 0 saturated heterocycles. The second-order valence-corrected chi connectivity index (χ2v) is 6.63. The lowest BCUT2D eigenvalue weighted by Gasteiger charge is -2.23. The maximum absolute atomic E-state index is 12.4. The molecular formula is C22H26N4O2. The van der Waals surface area contributed by atoms with Crippen LogP contribution in [0.15, 0.2) is 65.7 Å². The van der Waals surface area contributed by atoms with Crippen LogP contribution >= 0.6 is 0 Å². The van der Waals surface area contributed by atoms with E-state index in [2.05, 4.69) is 34.3 Å². The third-order valence-corrected chi connectivity index (χ3v) is 4.74. The second kappa shape index (κ2) is 9.69. The average molecular weight is 378 g/mol. The van der Waals surface area contributed by atoms with Crippen LogP contribution < -0.4 is 15.8 Å². The fraction of sp³-hybridized carbons (Fsp3) is 0.318. The average Bonchev–Trinajstić information content (AvgIpc) is 2.74. The summed E-state index contributed by atoms with van der Waals surface area (Å²) < 4.78 is 1.50. The molecule has 0 saturated carbocycles. The van der Waals surface area contributed by atoms with Crippen LogP contribution in [0.1, 0.15) is 19.8 Å². The number of anilines is 1. The van der Waals surface area contributed by atoms with Gasteiger partial charge in [0.05, 0.1) is 17.2 Å². The molecule has 0 aliphatic carbocycles. The Hall–Kier alpha value is -3.15. The Labute approximate surface area is 164 Å². The Bertz CT molecular complexity index is 969. The van der Waals surface area contributed by atoms with E-state index in [0.717, 1.165) is 19.5 Å². The van der Waals surface area contributed by atoms with Crippen LogP contribution in [0, 0.1) is 0 Å². The van der Waals surface area contributed by atoms with Crippen molar-refractivity contribution in [1.82, 2.24) is 14.9 Å². The minimum Gasteiger partial charge on any atom is -0.372 e. The highest BCUT2D eigenvalue weighted by molar-refractivity contribution is 5.77. The molecule has 0 fully saturated rings. The van der Waals surface area contributed by atoms with Gasteiger partial charge in [-0.15, -0.1) is 0 Å². The van der Waals surface area contributed by atoms with Gasteiger partial charge in [0.25, 0.3) is 5.56 Å². The zero-order valence-corrected chi connectivity index (χ0v) is 16.2. The highest BCUT2D eigenvalue weighted by Gasteiger charge is 2.07. The Balaban J connectivity index is 1.44. The molecule has 2 aromatic carbocycles. The fourth-order valence-corrected chi connectivity index (χ4v) is 3.18. The molecule has 0 aliphatic rings. The van der Waals surface area contributed by atoms with Crippen molar-refractivity contribution in [2.75, 3.05) is 24.5 Å². The summed E-state index contributed by atoms with van der Waals surface area (Å²) in [6, 6.07) is 17.5. The third-order valence-electron chi connectivity index (χ3n) is 4.74. The summed E-state index contributed by atoms with van der Waals surface area (Å²) in [7, 11) is 0. The maximum Gasteiger partial charge on any atom is 0.261 e. The van der Waals surface area contributed by atoms with Gasteiger partial charge in [0, 0.05) is 38.3 Å². The van der Waals surface area contributed by atoms with Gasteiger partial charge in [0.15, 0.2) is 0 Å². The molecule has 0 bridgehead atoms. The molecule has 0 aliphatic heterocycles. The van der Waals surface area contributed by atoms with E-state index < -0.39 is 0 Å². The number of carbonyl (C=O) groups is 1. The SMILES string of the molecule is CCN(CCCNC(=O)CCn1cnc2ccccc2c1=O)c1ccccc1. The van der Waals surface area contributed by atoms with Crippen LogP contribution in [0.2, 0.25) is 0 Å². The number of aryl methyl sites for hydroxylation is 1. The number of fused-ring (bicyclic) bond motifs is 1. The number of aromatic nitrogens is 2. The standard InChI is InChI=1S/C22H26N4O2/c1-2-25(18-9-4-3-5-10-18)15-8-14-23-21(27)13-16-26-17-24-20-12-7-6-11-19(20)22(26)28/h3-7,9-12,17H,2,8,13-16H2,1H3,(H,23,27). The molecule has 3 aromatic rings. The lowest BCUT2D eigenvalue weighted by Crippen LogP contribution is -2.31. The van der Waals surface area contributed by atoms with Crippen molar-refractivity contribution in [3.05, 3.63) is 71.3 Å². The van der Waals surface area contributed by atoms with Crippen molar-refractivity contribution in [3.8, 4) is 0 Å². The van der Waals surface area contributed by atoms with E-state index in [-0.39, 0.29) is 17.9 Å². The Kier molecular flexibility index (Phi) is 6.78. The van der Waals surface area contributed by atoms with Crippen LogP contribution in [-0.4, -0.2) is 35.1 Å². The van der Waals surface area contributed by atoms with Crippen molar-refractivity contribution in [2.24, 2.45) is 0 Å². The van der Waals surface area contributed by atoms with Crippen molar-refractivity contribution >= 4 is 22.5 Å². The molecule has 6 nitrogen and oxygen atoms in total. The highest BCUT2D eigenvalue weighted by atomic mass is 16.1. The first kappa shape index (κ1) is 19.6. The smallest absolute Gasteiger partial charge is 0.261 e. The van der Waals surface area contributed by atoms with Gasteiger partial charge < -0.3 is 10.2 Å². The largest absolute Gasteiger partial charge is 0.372 e. The summed E-state index contributed by atoms with van der Waals surface area (Å²) in [6.07, 6.45) is 2.64. The van der Waals surface area contributed by atoms with Crippen LogP contribution in [-0.2, 0) is 11.3 Å². The molecule has 0 radical (unpaired) electrons. The summed E-state index contributed by atoms with van der Waals surface area (Å²) in [6.45, 7) is 4.88. The lowest BCUT2D eigenvalue weighted by atomic mass is 10.2. The molecule has 146 valence electrons. The fourth-order valence-electron chi connectivity index (χ4n) is 3.18. The number of hydrogen-bond donors (Lipinski definition) is 1. The highest BCUT2D eigenvalue weighted by Crippen LogP contribution is 2.12. The zero-order valence-electron chi connectivity index (χ0n) is 16.2. The Morgan fingerprint density at radius 1 is 1.11 bits per heavy atom. The van der Waals surface area contributed by atoms with Crippen molar-refractivity contribution in [1.29, 1.82) is 0 Å². The summed E-state index contributed by atoms with van der Waals surface area (Å²) >= 11 is 0. The number of amides is 1. The van der Waals surface area contributed by atoms with Crippen molar-refractivity contribution in [2.45, 2.75) is 26.3 Å². The number of hydrogen-bond acceptors (Lipinski definition) is 4. The van der Waals surface area contributed by atoms with Gasteiger partial charge in [0.2, 0.25) is 5.91 Å². The van der Waals surface area contributed by atoms with Gasteiger partial charge in [-0.2, -0.15) is 0 Å². The van der Waals surface area contributed by atoms with Gasteiger partial charge in [0.1, 0.15) is 0 Å². The van der Waals surface area contributed by atoms with Crippen LogP contribution in [0.5, 0.6) is 0 Å². The molecule has 1 amide bonds. The Morgan fingerprint density at radius 3 is 2.64 bits per heavy atom. The quantitative estimate of drug-likeness (QED) is 0.582.